The van der Waals surface area contributed by atoms with Crippen LogP contribution in [-0.2, 0) is 4.79 Å². The van der Waals surface area contributed by atoms with E-state index in [0.717, 1.165) is 5.56 Å². The molecule has 1 aromatic carbocycles. The van der Waals surface area contributed by atoms with Crippen molar-refractivity contribution in [2.45, 2.75) is 0 Å². The minimum atomic E-state index is -0.191. The van der Waals surface area contributed by atoms with Crippen LogP contribution in [0.5, 0.6) is 5.75 Å². The Morgan fingerprint density at radius 3 is 2.78 bits per heavy atom. The van der Waals surface area contributed by atoms with Gasteiger partial charge >= 0.3 is 0 Å². The van der Waals surface area contributed by atoms with Crippen LogP contribution >= 0.6 is 0 Å². The van der Waals surface area contributed by atoms with E-state index < -0.39 is 0 Å². The van der Waals surface area contributed by atoms with Gasteiger partial charge in [0, 0.05) is 18.7 Å². The van der Waals surface area contributed by atoms with E-state index >= 15 is 0 Å². The van der Waals surface area contributed by atoms with Crippen LogP contribution in [-0.4, -0.2) is 29.8 Å². The average molecular weight is 245 g/mol. The number of amides is 1. The molecule has 3 rings (SSSR count). The normalized spacial score (nSPS) is 14.3. The predicted molar refractivity (Wildman–Crippen MR) is 65.8 cm³/mol. The smallest absolute Gasteiger partial charge is 0.264 e. The van der Waals surface area contributed by atoms with Crippen molar-refractivity contribution >= 4 is 11.6 Å². The van der Waals surface area contributed by atoms with E-state index in [4.69, 9.17) is 4.74 Å². The lowest BCUT2D eigenvalue weighted by Crippen LogP contribution is -2.35. The second-order valence-corrected chi connectivity index (χ2v) is 4.10. The first-order valence-electron chi connectivity index (χ1n) is 5.46. The first-order chi connectivity index (χ1) is 8.65. The number of fused-ring (bicyclic) bond motifs is 1. The molecule has 0 saturated carbocycles. The number of hydrogen-bond donors (Lipinski definition) is 2. The van der Waals surface area contributed by atoms with Gasteiger partial charge in [-0.2, -0.15) is 0 Å². The molecule has 2 aromatic rings. The zero-order valence-corrected chi connectivity index (χ0v) is 9.69. The van der Waals surface area contributed by atoms with Gasteiger partial charge in [0.05, 0.1) is 11.4 Å². The summed E-state index contributed by atoms with van der Waals surface area (Å²) in [4.78, 5) is 24.2. The Labute approximate surface area is 102 Å². The van der Waals surface area contributed by atoms with Gasteiger partial charge < -0.3 is 9.64 Å². The number of carbonyl (C=O) groups is 1. The van der Waals surface area contributed by atoms with Gasteiger partial charge in [0.15, 0.2) is 6.61 Å². The molecule has 2 heterocycles. The standard InChI is InChI=1S/C12H11N3O3/c1-15-9-4-7(8-5-11(16)14-13-8)2-3-10(9)18-6-12(15)17/h2-5H,6H2,1H3,(H2,13,14,16). The molecule has 0 unspecified atom stereocenters. The summed E-state index contributed by atoms with van der Waals surface area (Å²) >= 11 is 0. The van der Waals surface area contributed by atoms with E-state index in [2.05, 4.69) is 10.2 Å². The van der Waals surface area contributed by atoms with Gasteiger partial charge in [-0.05, 0) is 18.2 Å². The van der Waals surface area contributed by atoms with Gasteiger partial charge in [0.25, 0.3) is 11.5 Å². The summed E-state index contributed by atoms with van der Waals surface area (Å²) in [5.41, 5.74) is 2.00. The van der Waals surface area contributed by atoms with Crippen molar-refractivity contribution in [3.8, 4) is 17.0 Å². The summed E-state index contributed by atoms with van der Waals surface area (Å²) in [5, 5.41) is 5.25. The highest BCUT2D eigenvalue weighted by Gasteiger charge is 2.22. The van der Waals surface area contributed by atoms with Crippen LogP contribution < -0.4 is 15.2 Å². The Morgan fingerprint density at radius 2 is 2.06 bits per heavy atom. The third-order valence-corrected chi connectivity index (χ3v) is 2.95. The second kappa shape index (κ2) is 3.76. The molecule has 0 atom stereocenters. The summed E-state index contributed by atoms with van der Waals surface area (Å²) in [6, 6.07) is 6.90. The Hall–Kier alpha value is -2.50. The number of rotatable bonds is 1. The molecule has 1 amide bonds. The highest BCUT2D eigenvalue weighted by atomic mass is 16.5. The van der Waals surface area contributed by atoms with Crippen LogP contribution in [0.25, 0.3) is 11.3 Å². The van der Waals surface area contributed by atoms with Crippen molar-refractivity contribution in [1.29, 1.82) is 0 Å². The zero-order valence-electron chi connectivity index (χ0n) is 9.69. The fraction of sp³-hybridized carbons (Fsp3) is 0.167. The topological polar surface area (TPSA) is 78.2 Å². The molecule has 18 heavy (non-hydrogen) atoms. The van der Waals surface area contributed by atoms with Crippen LogP contribution in [0.1, 0.15) is 0 Å². The summed E-state index contributed by atoms with van der Waals surface area (Å²) < 4.78 is 5.33. The number of ether oxygens (including phenoxy) is 1. The largest absolute Gasteiger partial charge is 0.482 e. The van der Waals surface area contributed by atoms with Crippen molar-refractivity contribution in [2.75, 3.05) is 18.6 Å². The molecule has 0 aliphatic carbocycles. The van der Waals surface area contributed by atoms with Crippen LogP contribution in [0.3, 0.4) is 0 Å². The third-order valence-electron chi connectivity index (χ3n) is 2.95. The van der Waals surface area contributed by atoms with Crippen molar-refractivity contribution in [1.82, 2.24) is 10.2 Å². The number of anilines is 1. The van der Waals surface area contributed by atoms with Crippen LogP contribution in [0.4, 0.5) is 5.69 Å². The van der Waals surface area contributed by atoms with Gasteiger partial charge in [-0.1, -0.05) is 0 Å². The lowest BCUT2D eigenvalue weighted by atomic mass is 10.1. The molecule has 2 N–H and O–H groups in total. The van der Waals surface area contributed by atoms with Gasteiger partial charge in [0.2, 0.25) is 0 Å². The van der Waals surface area contributed by atoms with Crippen molar-refractivity contribution in [2.24, 2.45) is 0 Å². The van der Waals surface area contributed by atoms with Crippen LogP contribution in [0, 0.1) is 0 Å². The maximum absolute atomic E-state index is 11.5. The molecule has 0 spiro atoms. The Morgan fingerprint density at radius 1 is 1.22 bits per heavy atom. The predicted octanol–water partition coefficient (Wildman–Crippen LogP) is 0.725. The highest BCUT2D eigenvalue weighted by molar-refractivity contribution is 5.98. The molecular weight excluding hydrogens is 234 g/mol. The fourth-order valence-electron chi connectivity index (χ4n) is 1.93. The number of nitrogens with zero attached hydrogens (tertiary/aromatic N) is 1. The highest BCUT2D eigenvalue weighted by Crippen LogP contribution is 2.34. The molecule has 1 aromatic heterocycles. The molecule has 1 aliphatic heterocycles. The molecule has 0 fully saturated rings. The number of nitrogens with one attached hydrogen (secondary N) is 2. The summed E-state index contributed by atoms with van der Waals surface area (Å²) in [6.45, 7) is 0.0594. The third kappa shape index (κ3) is 1.58. The average Bonchev–Trinajstić information content (AvgIpc) is 2.80. The second-order valence-electron chi connectivity index (χ2n) is 4.10. The van der Waals surface area contributed by atoms with Crippen molar-refractivity contribution in [3.63, 3.8) is 0 Å². The molecule has 0 bridgehead atoms. The van der Waals surface area contributed by atoms with E-state index in [9.17, 15) is 9.59 Å². The number of likely N-dealkylation sites (N-methyl/N-ethyl adjacent to an activating group) is 1. The van der Waals surface area contributed by atoms with Crippen LogP contribution in [0.15, 0.2) is 29.1 Å². The van der Waals surface area contributed by atoms with Gasteiger partial charge in [0.1, 0.15) is 5.75 Å². The fourth-order valence-corrected chi connectivity index (χ4v) is 1.93. The molecule has 6 heteroatoms. The van der Waals surface area contributed by atoms with E-state index in [1.165, 1.54) is 6.07 Å². The molecular formula is C12H11N3O3. The summed E-state index contributed by atoms with van der Waals surface area (Å²) in [6.07, 6.45) is 0. The summed E-state index contributed by atoms with van der Waals surface area (Å²) in [7, 11) is 1.70. The lowest BCUT2D eigenvalue weighted by Gasteiger charge is -2.26. The first-order valence-corrected chi connectivity index (χ1v) is 5.46. The first kappa shape index (κ1) is 10.6. The van der Waals surface area contributed by atoms with Gasteiger partial charge in [-0.3, -0.25) is 19.8 Å². The number of benzene rings is 1. The van der Waals surface area contributed by atoms with Crippen molar-refractivity contribution in [3.05, 3.63) is 34.6 Å². The monoisotopic (exact) mass is 245 g/mol. The zero-order chi connectivity index (χ0) is 12.7. The quantitative estimate of drug-likeness (QED) is 0.777. The van der Waals surface area contributed by atoms with E-state index in [1.807, 2.05) is 12.1 Å². The van der Waals surface area contributed by atoms with Crippen molar-refractivity contribution < 1.29 is 9.53 Å². The van der Waals surface area contributed by atoms with Gasteiger partial charge in [-0.25, -0.2) is 0 Å². The maximum Gasteiger partial charge on any atom is 0.264 e. The SMILES string of the molecule is CN1C(=O)COc2ccc(-c3cc(=O)[nH][nH]3)cc21. The molecule has 92 valence electrons. The number of carbonyl (C=O) groups excluding carboxylic acids is 1. The number of hydrogen-bond acceptors (Lipinski definition) is 3. The van der Waals surface area contributed by atoms with E-state index in [0.29, 0.717) is 17.1 Å². The molecule has 0 radical (unpaired) electrons. The number of H-pyrrole nitrogens is 2. The van der Waals surface area contributed by atoms with E-state index in [-0.39, 0.29) is 18.1 Å². The van der Waals surface area contributed by atoms with Crippen LogP contribution in [0.2, 0.25) is 0 Å². The summed E-state index contributed by atoms with van der Waals surface area (Å²) in [5.74, 6) is 0.570. The Kier molecular flexibility index (Phi) is 2.22. The molecule has 6 nitrogen and oxygen atoms in total. The number of aromatic amines is 2. The van der Waals surface area contributed by atoms with Gasteiger partial charge in [-0.15, -0.1) is 0 Å². The lowest BCUT2D eigenvalue weighted by molar-refractivity contribution is -0.120. The molecule has 1 aliphatic rings. The Bertz CT molecular complexity index is 671. The number of aromatic nitrogens is 2. The maximum atomic E-state index is 11.5. The Balaban J connectivity index is 2.10. The van der Waals surface area contributed by atoms with E-state index in [1.54, 1.807) is 18.0 Å². The molecule has 0 saturated heterocycles. The minimum Gasteiger partial charge on any atom is -0.482 e. The minimum absolute atomic E-state index is 0.0594.